The Kier molecular flexibility index (Phi) is 6.83. The first-order valence-electron chi connectivity index (χ1n) is 10.6. The number of rotatable bonds is 6. The number of hydrogen-bond acceptors (Lipinski definition) is 4. The van der Waals surface area contributed by atoms with Gasteiger partial charge in [0.2, 0.25) is 0 Å². The molecule has 1 atom stereocenters. The van der Waals surface area contributed by atoms with E-state index in [1.807, 2.05) is 47.4 Å². The van der Waals surface area contributed by atoms with Gasteiger partial charge in [0.1, 0.15) is 11.9 Å². The summed E-state index contributed by atoms with van der Waals surface area (Å²) in [5.74, 6) is -0.709. The molecule has 1 aliphatic heterocycles. The molecule has 32 heavy (non-hydrogen) atoms. The molecule has 0 aliphatic carbocycles. The van der Waals surface area contributed by atoms with Gasteiger partial charge < -0.3 is 10.4 Å². The fourth-order valence-corrected chi connectivity index (χ4v) is 4.34. The molecule has 7 heteroatoms. The van der Waals surface area contributed by atoms with Crippen LogP contribution in [0.5, 0.6) is 0 Å². The Labute approximate surface area is 191 Å². The van der Waals surface area contributed by atoms with E-state index >= 15 is 0 Å². The lowest BCUT2D eigenvalue weighted by Gasteiger charge is -2.32. The Hall–Kier alpha value is -3.22. The molecule has 2 N–H and O–H groups in total. The maximum absolute atomic E-state index is 12.8. The van der Waals surface area contributed by atoms with Crippen molar-refractivity contribution in [2.75, 3.05) is 11.9 Å². The molecule has 164 valence electrons. The molecule has 0 saturated carbocycles. The van der Waals surface area contributed by atoms with E-state index < -0.39 is 12.0 Å². The number of nitrogens with zero attached hydrogens (tertiary/aromatic N) is 2. The largest absolute Gasteiger partial charge is 0.480 e. The Bertz CT molecular complexity index is 1100. The Morgan fingerprint density at radius 2 is 1.88 bits per heavy atom. The highest BCUT2D eigenvalue weighted by atomic mass is 35.5. The number of aromatic nitrogens is 1. The van der Waals surface area contributed by atoms with Crippen molar-refractivity contribution in [3.05, 3.63) is 83.0 Å². The summed E-state index contributed by atoms with van der Waals surface area (Å²) < 4.78 is 0. The zero-order chi connectivity index (χ0) is 22.5. The number of carboxylic acid groups (broad SMARTS) is 1. The molecular weight excluding hydrogens is 426 g/mol. The minimum Gasteiger partial charge on any atom is -0.480 e. The van der Waals surface area contributed by atoms with Gasteiger partial charge in [-0.25, -0.2) is 4.98 Å². The third-order valence-electron chi connectivity index (χ3n) is 5.68. The average molecular weight is 450 g/mol. The van der Waals surface area contributed by atoms with Gasteiger partial charge in [-0.2, -0.15) is 0 Å². The average Bonchev–Trinajstić information content (AvgIpc) is 2.81. The number of hydrogen-bond donors (Lipinski definition) is 2. The van der Waals surface area contributed by atoms with Crippen LogP contribution in [0.3, 0.4) is 0 Å². The molecule has 1 amide bonds. The van der Waals surface area contributed by atoms with Crippen LogP contribution in [0, 0.1) is 0 Å². The molecule has 1 aromatic heterocycles. The Morgan fingerprint density at radius 3 is 2.59 bits per heavy atom. The highest BCUT2D eigenvalue weighted by Crippen LogP contribution is 2.31. The van der Waals surface area contributed by atoms with Gasteiger partial charge in [0.15, 0.2) is 0 Å². The van der Waals surface area contributed by atoms with Crippen molar-refractivity contribution in [2.24, 2.45) is 0 Å². The van der Waals surface area contributed by atoms with E-state index in [0.717, 1.165) is 36.1 Å². The number of halogens is 1. The fraction of sp³-hybridized carbons (Fsp3) is 0.240. The first-order chi connectivity index (χ1) is 15.5. The minimum absolute atomic E-state index is 0.338. The van der Waals surface area contributed by atoms with Crippen LogP contribution in [0.15, 0.2) is 66.9 Å². The predicted octanol–water partition coefficient (Wildman–Crippen LogP) is 5.09. The molecule has 1 aliphatic rings. The second kappa shape index (κ2) is 9.94. The summed E-state index contributed by atoms with van der Waals surface area (Å²) in [7, 11) is 0. The summed E-state index contributed by atoms with van der Waals surface area (Å²) in [6.45, 7) is 1.27. The monoisotopic (exact) mass is 449 g/mol. The summed E-state index contributed by atoms with van der Waals surface area (Å²) in [6.07, 6.45) is 4.27. The molecule has 3 aromatic rings. The van der Waals surface area contributed by atoms with Gasteiger partial charge in [0, 0.05) is 18.3 Å². The van der Waals surface area contributed by atoms with Crippen LogP contribution in [-0.2, 0) is 11.3 Å². The van der Waals surface area contributed by atoms with E-state index in [1.165, 1.54) is 0 Å². The second-order valence-corrected chi connectivity index (χ2v) is 8.24. The normalized spacial score (nSPS) is 16.5. The first-order valence-corrected chi connectivity index (χ1v) is 11.0. The number of carbonyl (C=O) groups excluding carboxylic acids is 1. The topological polar surface area (TPSA) is 82.5 Å². The van der Waals surface area contributed by atoms with Gasteiger partial charge in [-0.05, 0) is 42.6 Å². The van der Waals surface area contributed by atoms with Gasteiger partial charge in [0.25, 0.3) is 5.91 Å². The number of anilines is 1. The number of aliphatic carboxylic acids is 1. The van der Waals surface area contributed by atoms with Crippen LogP contribution in [0.25, 0.3) is 11.1 Å². The van der Waals surface area contributed by atoms with Crippen LogP contribution >= 0.6 is 11.6 Å². The fourth-order valence-electron chi connectivity index (χ4n) is 4.02. The summed E-state index contributed by atoms with van der Waals surface area (Å²) in [5, 5.41) is 12.6. The number of amides is 1. The van der Waals surface area contributed by atoms with Crippen molar-refractivity contribution in [3.63, 3.8) is 0 Å². The molecule has 0 bridgehead atoms. The molecule has 4 rings (SSSR count). The number of carbonyl (C=O) groups is 2. The molecule has 1 fully saturated rings. The van der Waals surface area contributed by atoms with Crippen molar-refractivity contribution in [1.82, 2.24) is 9.88 Å². The number of likely N-dealkylation sites (tertiary alicyclic amines) is 1. The smallest absolute Gasteiger partial charge is 0.320 e. The van der Waals surface area contributed by atoms with Crippen LogP contribution < -0.4 is 5.32 Å². The molecular formula is C25H24ClN3O3. The van der Waals surface area contributed by atoms with E-state index in [1.54, 1.807) is 24.4 Å². The van der Waals surface area contributed by atoms with E-state index in [2.05, 4.69) is 10.3 Å². The lowest BCUT2D eigenvalue weighted by molar-refractivity contribution is -0.144. The van der Waals surface area contributed by atoms with Gasteiger partial charge in [0.05, 0.1) is 10.6 Å². The van der Waals surface area contributed by atoms with Gasteiger partial charge in [-0.1, -0.05) is 66.6 Å². The lowest BCUT2D eigenvalue weighted by Crippen LogP contribution is -2.44. The SMILES string of the molecule is O=C(Nc1ccc(CN2CCCC[C@H]2C(=O)O)cn1)c1cccc(-c2ccccc2)c1Cl. The highest BCUT2D eigenvalue weighted by molar-refractivity contribution is 6.37. The minimum atomic E-state index is -0.781. The van der Waals surface area contributed by atoms with E-state index in [0.29, 0.717) is 29.4 Å². The standard InChI is InChI=1S/C25H24ClN3O3/c26-23-19(18-7-2-1-3-8-18)9-6-10-20(23)24(30)28-22-13-12-17(15-27-22)16-29-14-5-4-11-21(29)25(31)32/h1-3,6-10,12-13,15,21H,4-5,11,14,16H2,(H,31,32)(H,27,28,30)/t21-/m0/s1. The lowest BCUT2D eigenvalue weighted by atomic mass is 10.0. The van der Waals surface area contributed by atoms with Crippen LogP contribution in [0.2, 0.25) is 5.02 Å². The summed E-state index contributed by atoms with van der Waals surface area (Å²) >= 11 is 6.54. The number of carboxylic acids is 1. The maximum Gasteiger partial charge on any atom is 0.320 e. The maximum atomic E-state index is 12.8. The molecule has 0 unspecified atom stereocenters. The van der Waals surface area contributed by atoms with E-state index in [-0.39, 0.29) is 5.91 Å². The van der Waals surface area contributed by atoms with Crippen LogP contribution in [0.1, 0.15) is 35.2 Å². The van der Waals surface area contributed by atoms with Crippen molar-refractivity contribution in [3.8, 4) is 11.1 Å². The third-order valence-corrected chi connectivity index (χ3v) is 6.09. The Morgan fingerprint density at radius 1 is 1.06 bits per heavy atom. The van der Waals surface area contributed by atoms with Gasteiger partial charge in [-0.15, -0.1) is 0 Å². The van der Waals surface area contributed by atoms with Crippen molar-refractivity contribution >= 4 is 29.3 Å². The van der Waals surface area contributed by atoms with Crippen molar-refractivity contribution < 1.29 is 14.7 Å². The zero-order valence-corrected chi connectivity index (χ0v) is 18.3. The molecule has 1 saturated heterocycles. The van der Waals surface area contributed by atoms with Gasteiger partial charge >= 0.3 is 5.97 Å². The zero-order valence-electron chi connectivity index (χ0n) is 17.5. The molecule has 2 heterocycles. The number of pyridine rings is 1. The highest BCUT2D eigenvalue weighted by Gasteiger charge is 2.28. The molecule has 6 nitrogen and oxygen atoms in total. The van der Waals surface area contributed by atoms with Crippen molar-refractivity contribution in [1.29, 1.82) is 0 Å². The molecule has 0 spiro atoms. The van der Waals surface area contributed by atoms with Crippen LogP contribution in [-0.4, -0.2) is 39.5 Å². The Balaban J connectivity index is 1.45. The van der Waals surface area contributed by atoms with Gasteiger partial charge in [-0.3, -0.25) is 14.5 Å². The number of benzene rings is 2. The molecule has 2 aromatic carbocycles. The quantitative estimate of drug-likeness (QED) is 0.547. The van der Waals surface area contributed by atoms with Crippen molar-refractivity contribution in [2.45, 2.75) is 31.8 Å². The summed E-state index contributed by atoms with van der Waals surface area (Å²) in [6, 6.07) is 18.2. The third kappa shape index (κ3) is 4.98. The number of piperidine rings is 1. The summed E-state index contributed by atoms with van der Waals surface area (Å²) in [5.41, 5.74) is 3.00. The molecule has 0 radical (unpaired) electrons. The predicted molar refractivity (Wildman–Crippen MR) is 125 cm³/mol. The van der Waals surface area contributed by atoms with E-state index in [9.17, 15) is 14.7 Å². The first kappa shape index (κ1) is 22.0. The van der Waals surface area contributed by atoms with E-state index in [4.69, 9.17) is 11.6 Å². The summed E-state index contributed by atoms with van der Waals surface area (Å²) in [4.78, 5) is 30.6. The second-order valence-electron chi connectivity index (χ2n) is 7.86. The number of nitrogens with one attached hydrogen (secondary N) is 1. The van der Waals surface area contributed by atoms with Crippen LogP contribution in [0.4, 0.5) is 5.82 Å².